The van der Waals surface area contributed by atoms with E-state index in [-0.39, 0.29) is 18.8 Å². The molecule has 0 fully saturated rings. The van der Waals surface area contributed by atoms with Crippen LogP contribution in [0.1, 0.15) is 18.4 Å². The van der Waals surface area contributed by atoms with Gasteiger partial charge in [0.1, 0.15) is 5.75 Å². The van der Waals surface area contributed by atoms with Gasteiger partial charge < -0.3 is 25.7 Å². The van der Waals surface area contributed by atoms with Gasteiger partial charge in [0.25, 0.3) is 0 Å². The van der Waals surface area contributed by atoms with E-state index in [4.69, 9.17) is 25.7 Å². The zero-order valence-corrected chi connectivity index (χ0v) is 15.0. The van der Waals surface area contributed by atoms with Crippen molar-refractivity contribution in [1.82, 2.24) is 0 Å². The fourth-order valence-electron chi connectivity index (χ4n) is 2.15. The van der Waals surface area contributed by atoms with Crippen molar-refractivity contribution in [2.75, 3.05) is 25.2 Å². The van der Waals surface area contributed by atoms with Gasteiger partial charge in [0.05, 0.1) is 19.4 Å². The lowest BCUT2D eigenvalue weighted by Gasteiger charge is -2.07. The van der Waals surface area contributed by atoms with Gasteiger partial charge in [-0.15, -0.1) is 0 Å². The summed E-state index contributed by atoms with van der Waals surface area (Å²) in [4.78, 5) is 23.5. The molecule has 7 nitrogen and oxygen atoms in total. The molecule has 27 heavy (non-hydrogen) atoms. The van der Waals surface area contributed by atoms with Crippen molar-refractivity contribution >= 4 is 29.4 Å². The fraction of sp³-hybridized carbons (Fsp3) is 0.200. The first-order chi connectivity index (χ1) is 13.0. The number of nitrogen functional groups attached to an aromatic ring is 2. The van der Waals surface area contributed by atoms with Crippen LogP contribution in [0.4, 0.5) is 11.4 Å². The highest BCUT2D eigenvalue weighted by Gasteiger charge is 2.08. The minimum Gasteiger partial charge on any atom is -0.497 e. The molecule has 2 rings (SSSR count). The number of anilines is 2. The molecule has 2 aromatic carbocycles. The predicted octanol–water partition coefficient (Wildman–Crippen LogP) is 2.80. The van der Waals surface area contributed by atoms with Crippen molar-refractivity contribution in [2.24, 2.45) is 0 Å². The molecule has 2 aromatic rings. The van der Waals surface area contributed by atoms with Crippen LogP contribution in [0.3, 0.4) is 0 Å². The van der Waals surface area contributed by atoms with Crippen molar-refractivity contribution < 1.29 is 23.8 Å². The summed E-state index contributed by atoms with van der Waals surface area (Å²) in [6, 6.07) is 11.9. The minimum atomic E-state index is -0.484. The summed E-state index contributed by atoms with van der Waals surface area (Å²) in [6.45, 7) is 0.109. The number of carbonyl (C=O) groups excluding carboxylic acids is 2. The lowest BCUT2D eigenvalue weighted by atomic mass is 10.2. The Balaban J connectivity index is 1.68. The van der Waals surface area contributed by atoms with Crippen LogP contribution in [0.15, 0.2) is 48.5 Å². The molecule has 142 valence electrons. The predicted molar refractivity (Wildman–Crippen MR) is 103 cm³/mol. The van der Waals surface area contributed by atoms with Gasteiger partial charge in [0.2, 0.25) is 0 Å². The van der Waals surface area contributed by atoms with Crippen molar-refractivity contribution in [3.8, 4) is 11.5 Å². The number of carbonyl (C=O) groups is 2. The molecule has 0 saturated heterocycles. The second-order valence-corrected chi connectivity index (χ2v) is 5.65. The van der Waals surface area contributed by atoms with Gasteiger partial charge in [-0.25, -0.2) is 4.79 Å². The molecular weight excluding hydrogens is 348 g/mol. The largest absolute Gasteiger partial charge is 0.497 e. The highest BCUT2D eigenvalue weighted by Crippen LogP contribution is 2.24. The summed E-state index contributed by atoms with van der Waals surface area (Å²) >= 11 is 0. The number of hydrogen-bond acceptors (Lipinski definition) is 7. The summed E-state index contributed by atoms with van der Waals surface area (Å²) < 4.78 is 15.3. The van der Waals surface area contributed by atoms with E-state index in [9.17, 15) is 9.59 Å². The second-order valence-electron chi connectivity index (χ2n) is 5.65. The molecule has 0 aliphatic rings. The monoisotopic (exact) mass is 370 g/mol. The van der Waals surface area contributed by atoms with Gasteiger partial charge >= 0.3 is 11.9 Å². The number of methoxy groups -OCH3 is 1. The first-order valence-corrected chi connectivity index (χ1v) is 8.32. The quantitative estimate of drug-likeness (QED) is 0.241. The maximum Gasteiger partial charge on any atom is 0.330 e. The molecule has 0 amide bonds. The Labute approximate surface area is 157 Å². The van der Waals surface area contributed by atoms with E-state index >= 15 is 0 Å². The van der Waals surface area contributed by atoms with Crippen LogP contribution in [-0.4, -0.2) is 25.7 Å². The van der Waals surface area contributed by atoms with Crippen LogP contribution in [0.2, 0.25) is 0 Å². The Bertz CT molecular complexity index is 816. The Morgan fingerprint density at radius 3 is 2.48 bits per heavy atom. The summed E-state index contributed by atoms with van der Waals surface area (Å²) in [5.74, 6) is 0.0502. The van der Waals surface area contributed by atoms with Crippen molar-refractivity contribution in [3.63, 3.8) is 0 Å². The maximum atomic E-state index is 11.8. The number of benzene rings is 2. The van der Waals surface area contributed by atoms with Crippen LogP contribution in [0, 0.1) is 0 Å². The van der Waals surface area contributed by atoms with E-state index in [1.54, 1.807) is 31.4 Å². The summed E-state index contributed by atoms with van der Waals surface area (Å²) in [5, 5.41) is 0. The van der Waals surface area contributed by atoms with Crippen LogP contribution in [0.5, 0.6) is 11.5 Å². The first kappa shape index (κ1) is 19.8. The van der Waals surface area contributed by atoms with Crippen molar-refractivity contribution in [3.05, 3.63) is 54.1 Å². The normalized spacial score (nSPS) is 10.6. The summed E-state index contributed by atoms with van der Waals surface area (Å²) in [6.07, 6.45) is 3.41. The van der Waals surface area contributed by atoms with Gasteiger partial charge in [0.15, 0.2) is 5.75 Å². The van der Waals surface area contributed by atoms with Crippen LogP contribution in [0.25, 0.3) is 6.08 Å². The summed E-state index contributed by atoms with van der Waals surface area (Å²) in [7, 11) is 1.59. The van der Waals surface area contributed by atoms with E-state index < -0.39 is 11.9 Å². The molecule has 0 aliphatic heterocycles. The molecular formula is C20H22N2O5. The highest BCUT2D eigenvalue weighted by molar-refractivity contribution is 5.87. The second kappa shape index (κ2) is 9.86. The number of ether oxygens (including phenoxy) is 3. The first-order valence-electron chi connectivity index (χ1n) is 8.32. The Hall–Kier alpha value is -3.48. The van der Waals surface area contributed by atoms with Gasteiger partial charge in [0, 0.05) is 18.2 Å². The third-order valence-electron chi connectivity index (χ3n) is 3.55. The third-order valence-corrected chi connectivity index (χ3v) is 3.55. The zero-order chi connectivity index (χ0) is 19.6. The Kier molecular flexibility index (Phi) is 7.25. The number of nitrogens with two attached hydrogens (primary N) is 2. The molecule has 0 unspecified atom stereocenters. The average Bonchev–Trinajstić information content (AvgIpc) is 2.66. The molecule has 0 aromatic heterocycles. The summed E-state index contributed by atoms with van der Waals surface area (Å²) in [5.41, 5.74) is 12.9. The van der Waals surface area contributed by atoms with Gasteiger partial charge in [-0.1, -0.05) is 12.1 Å². The zero-order valence-electron chi connectivity index (χ0n) is 15.0. The van der Waals surface area contributed by atoms with Gasteiger partial charge in [-0.3, -0.25) is 4.79 Å². The van der Waals surface area contributed by atoms with E-state index in [2.05, 4.69) is 0 Å². The molecule has 0 aliphatic carbocycles. The smallest absolute Gasteiger partial charge is 0.330 e. The highest BCUT2D eigenvalue weighted by atomic mass is 16.5. The van der Waals surface area contributed by atoms with E-state index in [0.29, 0.717) is 17.8 Å². The molecule has 4 N–H and O–H groups in total. The number of esters is 2. The van der Waals surface area contributed by atoms with E-state index in [1.165, 1.54) is 18.2 Å². The van der Waals surface area contributed by atoms with Crippen molar-refractivity contribution in [2.45, 2.75) is 12.8 Å². The lowest BCUT2D eigenvalue weighted by Crippen LogP contribution is -2.11. The molecule has 0 spiro atoms. The van der Waals surface area contributed by atoms with Crippen molar-refractivity contribution in [1.29, 1.82) is 0 Å². The van der Waals surface area contributed by atoms with Gasteiger partial charge in [-0.2, -0.15) is 0 Å². The van der Waals surface area contributed by atoms with Gasteiger partial charge in [-0.05, 0) is 48.4 Å². The Morgan fingerprint density at radius 2 is 1.81 bits per heavy atom. The van der Waals surface area contributed by atoms with Crippen LogP contribution >= 0.6 is 0 Å². The molecule has 0 heterocycles. The van der Waals surface area contributed by atoms with Crippen LogP contribution < -0.4 is 20.9 Å². The maximum absolute atomic E-state index is 11.8. The third kappa shape index (κ3) is 6.74. The SMILES string of the molecule is COc1ccc(/C=C/C(=O)OCCCC(=O)Oc2ccc(N)cc2N)cc1. The number of hydrogen-bond donors (Lipinski definition) is 2. The Morgan fingerprint density at radius 1 is 1.07 bits per heavy atom. The topological polar surface area (TPSA) is 114 Å². The molecule has 0 radical (unpaired) electrons. The van der Waals surface area contributed by atoms with Crippen LogP contribution in [-0.2, 0) is 14.3 Å². The molecule has 0 saturated carbocycles. The van der Waals surface area contributed by atoms with E-state index in [0.717, 1.165) is 11.3 Å². The molecule has 7 heteroatoms. The standard InChI is InChI=1S/C20H22N2O5/c1-25-16-8-4-14(5-9-16)6-11-19(23)26-12-2-3-20(24)27-18-10-7-15(21)13-17(18)22/h4-11,13H,2-3,12,21-22H2,1H3/b11-6+. The molecule has 0 atom stereocenters. The number of rotatable bonds is 8. The fourth-order valence-corrected chi connectivity index (χ4v) is 2.15. The lowest BCUT2D eigenvalue weighted by molar-refractivity contribution is -0.140. The average molecular weight is 370 g/mol. The van der Waals surface area contributed by atoms with E-state index in [1.807, 2.05) is 12.1 Å². The minimum absolute atomic E-state index is 0.0965. The molecule has 0 bridgehead atoms.